The third-order valence-electron chi connectivity index (χ3n) is 14.2. The molecule has 70 heavy (non-hydrogen) atoms. The summed E-state index contributed by atoms with van der Waals surface area (Å²) in [5.74, 6) is 2.10. The molecule has 0 N–H and O–H groups in total. The van der Waals surface area contributed by atoms with Gasteiger partial charge in [0.2, 0.25) is 13.4 Å². The average Bonchev–Trinajstić information content (AvgIpc) is 3.40. The van der Waals surface area contributed by atoms with Gasteiger partial charge in [-0.05, 0) is 123 Å². The Labute approximate surface area is 421 Å². The molecule has 0 saturated carbocycles. The molecule has 5 heteroatoms. The number of rotatable bonds is 12. The summed E-state index contributed by atoms with van der Waals surface area (Å²) in [5.41, 5.74) is 20.5. The number of aromatic nitrogens is 2. The molecule has 0 amide bonds. The number of ether oxygens (including phenoxy) is 1. The van der Waals surface area contributed by atoms with Crippen LogP contribution < -0.4 is 37.5 Å². The first-order chi connectivity index (χ1) is 35.2. The summed E-state index contributed by atoms with van der Waals surface area (Å²) in [6.07, 6.45) is 1.82. The van der Waals surface area contributed by atoms with Crippen molar-refractivity contribution in [3.63, 3.8) is 0 Å². The van der Waals surface area contributed by atoms with E-state index in [-0.39, 0.29) is 42.8 Å². The fourth-order valence-electron chi connectivity index (χ4n) is 10.9. The van der Waals surface area contributed by atoms with Gasteiger partial charge in [-0.25, -0.2) is 0 Å². The topological polar surface area (TPSA) is 35.0 Å². The fraction of sp³-hybridized carbons (Fsp3) is 0.200. The summed E-state index contributed by atoms with van der Waals surface area (Å²) in [4.78, 5) is 9.62. The van der Waals surface area contributed by atoms with Crippen molar-refractivity contribution < 1.29 is 8.85 Å². The van der Waals surface area contributed by atoms with Crippen LogP contribution in [-0.2, 0) is 0 Å². The molecule has 10 rings (SSSR count). The van der Waals surface area contributed by atoms with Crippen LogP contribution in [0.2, 0.25) is 0 Å². The van der Waals surface area contributed by atoms with E-state index in [1.165, 1.54) is 66.4 Å². The molecule has 0 bridgehead atoms. The fourth-order valence-corrected chi connectivity index (χ4v) is 10.9. The van der Waals surface area contributed by atoms with Crippen LogP contribution in [0, 0.1) is 6.85 Å². The van der Waals surface area contributed by atoms with Crippen LogP contribution in [-0.4, -0.2) is 23.4 Å². The van der Waals surface area contributed by atoms with E-state index in [4.69, 9.17) is 18.8 Å². The number of hydrogen-bond donors (Lipinski definition) is 0. The molecule has 3 heterocycles. The van der Waals surface area contributed by atoms with Crippen LogP contribution in [0.5, 0.6) is 11.5 Å². The Morgan fingerprint density at radius 3 is 1.44 bits per heavy atom. The molecule has 0 fully saturated rings. The van der Waals surface area contributed by atoms with Gasteiger partial charge in [-0.1, -0.05) is 222 Å². The van der Waals surface area contributed by atoms with Gasteiger partial charge in [-0.3, -0.25) is 9.97 Å². The monoisotopic (exact) mass is 912 g/mol. The molecule has 0 spiro atoms. The van der Waals surface area contributed by atoms with Crippen molar-refractivity contribution in [1.82, 2.24) is 9.97 Å². The summed E-state index contributed by atoms with van der Waals surface area (Å²) < 4.78 is 32.8. The molecule has 0 unspecified atom stereocenters. The molecule has 1 aliphatic heterocycles. The lowest BCUT2D eigenvalue weighted by Crippen LogP contribution is -2.76. The number of benzene rings is 7. The van der Waals surface area contributed by atoms with E-state index >= 15 is 0 Å². The predicted octanol–water partition coefficient (Wildman–Crippen LogP) is 13.1. The summed E-state index contributed by atoms with van der Waals surface area (Å²) in [5, 5.41) is 0. The van der Waals surface area contributed by atoms with Gasteiger partial charge in [0.05, 0.1) is 11.4 Å². The Morgan fingerprint density at radius 1 is 0.400 bits per heavy atom. The number of hydrogen-bond acceptors (Lipinski definition) is 3. The highest BCUT2D eigenvalue weighted by atomic mass is 16.5. The molecule has 344 valence electrons. The summed E-state index contributed by atoms with van der Waals surface area (Å²) >= 11 is 0. The third kappa shape index (κ3) is 8.95. The second kappa shape index (κ2) is 19.6. The molecule has 3 nitrogen and oxygen atoms in total. The predicted molar refractivity (Wildman–Crippen MR) is 300 cm³/mol. The molecule has 0 saturated heterocycles. The quantitative estimate of drug-likeness (QED) is 0.115. The Hall–Kier alpha value is -7.23. The second-order valence-corrected chi connectivity index (χ2v) is 20.2. The van der Waals surface area contributed by atoms with Crippen molar-refractivity contribution in [2.75, 3.05) is 0 Å². The van der Waals surface area contributed by atoms with Gasteiger partial charge in [0.1, 0.15) is 11.5 Å². The molecule has 0 aliphatic carbocycles. The van der Waals surface area contributed by atoms with Crippen molar-refractivity contribution >= 4 is 46.2 Å². The standard InChI is InChI=1S/C65H62B2N2O/c1-41(2)53-35-49(46-23-12-10-13-24-46)36-54(42(3)4)63(53)66-57-29-16-17-30-58(57)67(64-55(43(5)6)37-50(38-56(64)44(7)8)47-25-14-11-15-26-47)65-59(66)39-51(61-32-20-22-45(9)69-61)40-62(65)70-52-28-21-27-48(34-52)60-31-18-19-33-68-60/h10-44H,1-9H3/i9D3. The second-order valence-electron chi connectivity index (χ2n) is 20.2. The van der Waals surface area contributed by atoms with Gasteiger partial charge in [-0.2, -0.15) is 0 Å². The number of aryl methyl sites for hydroxylation is 1. The summed E-state index contributed by atoms with van der Waals surface area (Å²) in [6, 6.07) is 64.2. The zero-order valence-corrected chi connectivity index (χ0v) is 41.7. The van der Waals surface area contributed by atoms with Crippen molar-refractivity contribution in [2.24, 2.45) is 0 Å². The van der Waals surface area contributed by atoms with E-state index in [0.29, 0.717) is 17.2 Å². The van der Waals surface area contributed by atoms with E-state index in [9.17, 15) is 0 Å². The van der Waals surface area contributed by atoms with Gasteiger partial charge < -0.3 is 4.74 Å². The first-order valence-electron chi connectivity index (χ1n) is 26.6. The minimum absolute atomic E-state index is 0.0513. The number of nitrogens with zero attached hydrogens (tertiary/aromatic N) is 2. The van der Waals surface area contributed by atoms with E-state index in [0.717, 1.165) is 27.7 Å². The zero-order chi connectivity index (χ0) is 51.1. The lowest BCUT2D eigenvalue weighted by Gasteiger charge is -2.38. The summed E-state index contributed by atoms with van der Waals surface area (Å²) in [6.45, 7) is 15.7. The number of fused-ring (bicyclic) bond motifs is 2. The molecule has 2 aromatic heterocycles. The smallest absolute Gasteiger partial charge is 0.245 e. The van der Waals surface area contributed by atoms with Crippen LogP contribution in [0.1, 0.15) is 111 Å². The van der Waals surface area contributed by atoms with Crippen LogP contribution >= 0.6 is 0 Å². The molecule has 9 aromatic rings. The van der Waals surface area contributed by atoms with Crippen LogP contribution in [0.3, 0.4) is 0 Å². The first kappa shape index (κ1) is 42.8. The van der Waals surface area contributed by atoms with Gasteiger partial charge in [0.25, 0.3) is 0 Å². The molecule has 0 radical (unpaired) electrons. The lowest BCUT2D eigenvalue weighted by molar-refractivity contribution is 0.487. The lowest BCUT2D eigenvalue weighted by atomic mass is 9.19. The zero-order valence-electron chi connectivity index (χ0n) is 44.7. The van der Waals surface area contributed by atoms with E-state index < -0.39 is 6.85 Å². The SMILES string of the molecule is [2H]C([2H])([2H])c1cccc(-c2cc(Oc3cccc(-c4ccccn4)c3)c3c(c2)B(c2c(C(C)C)cc(-c4ccccc4)cc2C(C)C)c2ccccc2B3c2c(C(C)C)cc(-c3ccccc3)cc2C(C)C)n1. The Morgan fingerprint density at radius 2 is 0.900 bits per heavy atom. The highest BCUT2D eigenvalue weighted by molar-refractivity contribution is 7.12. The minimum atomic E-state index is -2.40. The van der Waals surface area contributed by atoms with Crippen molar-refractivity contribution in [3.05, 3.63) is 216 Å². The maximum Gasteiger partial charge on any atom is 0.245 e. The van der Waals surface area contributed by atoms with Gasteiger partial charge in [0.15, 0.2) is 0 Å². The molecular weight excluding hydrogens is 846 g/mol. The average molecular weight is 912 g/mol. The molecule has 1 aliphatic rings. The van der Waals surface area contributed by atoms with Crippen molar-refractivity contribution in [3.8, 4) is 56.3 Å². The minimum Gasteiger partial charge on any atom is -0.458 e. The molecule has 0 atom stereocenters. The number of pyridine rings is 2. The molecular formula is C65H62B2N2O. The summed E-state index contributed by atoms with van der Waals surface area (Å²) in [7, 11) is 0. The van der Waals surface area contributed by atoms with E-state index in [1.807, 2.05) is 48.7 Å². The Bertz CT molecular complexity index is 3390. The normalized spacial score (nSPS) is 13.1. The van der Waals surface area contributed by atoms with E-state index in [2.05, 4.69) is 189 Å². The maximum atomic E-state index is 8.44. The van der Waals surface area contributed by atoms with E-state index in [1.54, 1.807) is 6.07 Å². The van der Waals surface area contributed by atoms with Crippen molar-refractivity contribution in [1.29, 1.82) is 0 Å². The van der Waals surface area contributed by atoms with Gasteiger partial charge in [0, 0.05) is 27.1 Å². The van der Waals surface area contributed by atoms with Crippen LogP contribution in [0.4, 0.5) is 0 Å². The van der Waals surface area contributed by atoms with Gasteiger partial charge >= 0.3 is 0 Å². The highest BCUT2D eigenvalue weighted by Crippen LogP contribution is 2.34. The third-order valence-corrected chi connectivity index (χ3v) is 14.2. The largest absolute Gasteiger partial charge is 0.458 e. The first-order valence-corrected chi connectivity index (χ1v) is 25.1. The van der Waals surface area contributed by atoms with Crippen LogP contribution in [0.15, 0.2) is 188 Å². The Kier molecular flexibility index (Phi) is 12.0. The highest BCUT2D eigenvalue weighted by Gasteiger charge is 2.45. The molecule has 7 aromatic carbocycles. The van der Waals surface area contributed by atoms with Gasteiger partial charge in [-0.15, -0.1) is 0 Å². The maximum absolute atomic E-state index is 8.44. The Balaban J connectivity index is 1.36. The van der Waals surface area contributed by atoms with Crippen molar-refractivity contribution in [2.45, 2.75) is 85.9 Å². The van der Waals surface area contributed by atoms with Crippen LogP contribution in [0.25, 0.3) is 44.8 Å².